The van der Waals surface area contributed by atoms with Crippen molar-refractivity contribution in [2.75, 3.05) is 39.3 Å². The molecular formula is C31H34N2O8. The molecule has 0 amide bonds. The minimum absolute atomic E-state index is 0.0627. The fourth-order valence-corrected chi connectivity index (χ4v) is 3.80. The summed E-state index contributed by atoms with van der Waals surface area (Å²) < 4.78 is 16.0. The van der Waals surface area contributed by atoms with Gasteiger partial charge in [-0.1, -0.05) is 91.0 Å². The van der Waals surface area contributed by atoms with Crippen LogP contribution in [0.5, 0.6) is 0 Å². The number of carbonyl (C=O) groups is 4. The Labute approximate surface area is 239 Å². The molecular weight excluding hydrogens is 528 g/mol. The van der Waals surface area contributed by atoms with E-state index >= 15 is 0 Å². The second-order valence-corrected chi connectivity index (χ2v) is 9.25. The van der Waals surface area contributed by atoms with Crippen LogP contribution in [0.3, 0.4) is 0 Å². The monoisotopic (exact) mass is 562 g/mol. The van der Waals surface area contributed by atoms with E-state index in [0.29, 0.717) is 0 Å². The van der Waals surface area contributed by atoms with Crippen LogP contribution in [0.15, 0.2) is 91.0 Å². The van der Waals surface area contributed by atoms with Gasteiger partial charge in [-0.25, -0.2) is 0 Å². The number of aliphatic carboxylic acids is 1. The lowest BCUT2D eigenvalue weighted by molar-refractivity contribution is -0.152. The first-order chi connectivity index (χ1) is 19.9. The van der Waals surface area contributed by atoms with Crippen LogP contribution in [-0.2, 0) is 53.2 Å². The predicted molar refractivity (Wildman–Crippen MR) is 149 cm³/mol. The lowest BCUT2D eigenvalue weighted by Gasteiger charge is -2.25. The number of nitrogens with zero attached hydrogens (tertiary/aromatic N) is 2. The van der Waals surface area contributed by atoms with Crippen molar-refractivity contribution in [2.45, 2.75) is 19.8 Å². The van der Waals surface area contributed by atoms with Gasteiger partial charge in [0.2, 0.25) is 0 Å². The Hall–Kier alpha value is -4.54. The van der Waals surface area contributed by atoms with E-state index in [9.17, 15) is 24.3 Å². The van der Waals surface area contributed by atoms with E-state index in [0.717, 1.165) is 16.7 Å². The topological polar surface area (TPSA) is 123 Å². The Morgan fingerprint density at radius 2 is 0.780 bits per heavy atom. The van der Waals surface area contributed by atoms with Crippen molar-refractivity contribution in [3.8, 4) is 0 Å². The molecule has 1 N–H and O–H groups in total. The highest BCUT2D eigenvalue weighted by molar-refractivity contribution is 5.75. The van der Waals surface area contributed by atoms with Gasteiger partial charge in [-0.15, -0.1) is 0 Å². The zero-order valence-corrected chi connectivity index (χ0v) is 22.7. The van der Waals surface area contributed by atoms with Gasteiger partial charge in [0.15, 0.2) is 0 Å². The van der Waals surface area contributed by atoms with Crippen molar-refractivity contribution in [3.63, 3.8) is 0 Å². The second kappa shape index (κ2) is 17.2. The number of carboxylic acids is 1. The SMILES string of the molecule is O=C(O)CN(CCN(CC(=O)OCc1ccccc1)CC(=O)OCc1ccccc1)CC(=O)OCc1ccccc1. The van der Waals surface area contributed by atoms with E-state index in [-0.39, 0.29) is 52.5 Å². The van der Waals surface area contributed by atoms with Gasteiger partial charge in [0, 0.05) is 13.1 Å². The normalized spacial score (nSPS) is 10.8. The van der Waals surface area contributed by atoms with Crippen LogP contribution in [0.25, 0.3) is 0 Å². The summed E-state index contributed by atoms with van der Waals surface area (Å²) >= 11 is 0. The van der Waals surface area contributed by atoms with Gasteiger partial charge in [-0.05, 0) is 16.7 Å². The summed E-state index contributed by atoms with van der Waals surface area (Å²) in [6.45, 7) is -0.777. The molecule has 0 unspecified atom stereocenters. The van der Waals surface area contributed by atoms with E-state index in [1.807, 2.05) is 91.0 Å². The molecule has 0 atom stereocenters. The summed E-state index contributed by atoms with van der Waals surface area (Å²) in [6.07, 6.45) is 0. The Morgan fingerprint density at radius 3 is 1.07 bits per heavy atom. The standard InChI is InChI=1S/C31H34N2O8/c34-28(35)18-32(19-29(36)39-22-25-10-4-1-5-11-25)16-17-33(20-30(37)40-23-26-12-6-2-7-13-26)21-31(38)41-24-27-14-8-3-9-15-27/h1-15H,16-24H2,(H,34,35). The van der Waals surface area contributed by atoms with E-state index in [4.69, 9.17) is 14.2 Å². The summed E-state index contributed by atoms with van der Waals surface area (Å²) in [5, 5.41) is 9.36. The van der Waals surface area contributed by atoms with Gasteiger partial charge in [0.1, 0.15) is 19.8 Å². The molecule has 3 rings (SSSR count). The van der Waals surface area contributed by atoms with Gasteiger partial charge in [0.05, 0.1) is 26.2 Å². The summed E-state index contributed by atoms with van der Waals surface area (Å²) in [6, 6.07) is 27.5. The van der Waals surface area contributed by atoms with Crippen LogP contribution in [0.1, 0.15) is 16.7 Å². The van der Waals surface area contributed by atoms with E-state index in [2.05, 4.69) is 0 Å². The first-order valence-corrected chi connectivity index (χ1v) is 13.1. The highest BCUT2D eigenvalue weighted by Crippen LogP contribution is 2.05. The number of benzene rings is 3. The van der Waals surface area contributed by atoms with Crippen LogP contribution in [0, 0.1) is 0 Å². The molecule has 0 bridgehead atoms. The van der Waals surface area contributed by atoms with Crippen LogP contribution in [-0.4, -0.2) is 78.1 Å². The van der Waals surface area contributed by atoms with Crippen molar-refractivity contribution in [2.24, 2.45) is 0 Å². The molecule has 0 radical (unpaired) electrons. The number of carbonyl (C=O) groups excluding carboxylic acids is 3. The zero-order chi connectivity index (χ0) is 29.3. The molecule has 0 aliphatic rings. The van der Waals surface area contributed by atoms with Crippen molar-refractivity contribution >= 4 is 23.9 Å². The van der Waals surface area contributed by atoms with Crippen LogP contribution in [0.4, 0.5) is 0 Å². The van der Waals surface area contributed by atoms with Crippen molar-refractivity contribution < 1.29 is 38.5 Å². The first-order valence-electron chi connectivity index (χ1n) is 13.1. The molecule has 41 heavy (non-hydrogen) atoms. The average molecular weight is 563 g/mol. The summed E-state index contributed by atoms with van der Waals surface area (Å²) in [5.74, 6) is -2.84. The smallest absolute Gasteiger partial charge is 0.320 e. The molecule has 3 aromatic rings. The van der Waals surface area contributed by atoms with Gasteiger partial charge >= 0.3 is 23.9 Å². The maximum Gasteiger partial charge on any atom is 0.320 e. The quantitative estimate of drug-likeness (QED) is 0.194. The minimum Gasteiger partial charge on any atom is -0.480 e. The maximum atomic E-state index is 12.6. The Kier molecular flexibility index (Phi) is 13.0. The average Bonchev–Trinajstić information content (AvgIpc) is 2.98. The molecule has 0 aromatic heterocycles. The van der Waals surface area contributed by atoms with Gasteiger partial charge in [-0.2, -0.15) is 0 Å². The minimum atomic E-state index is -1.13. The zero-order valence-electron chi connectivity index (χ0n) is 22.7. The van der Waals surface area contributed by atoms with Crippen molar-refractivity contribution in [1.29, 1.82) is 0 Å². The van der Waals surface area contributed by atoms with Crippen LogP contribution >= 0.6 is 0 Å². The Balaban J connectivity index is 1.57. The Morgan fingerprint density at radius 1 is 0.488 bits per heavy atom. The van der Waals surface area contributed by atoms with E-state index in [1.54, 1.807) is 0 Å². The van der Waals surface area contributed by atoms with Crippen molar-refractivity contribution in [1.82, 2.24) is 9.80 Å². The predicted octanol–water partition coefficient (Wildman–Crippen LogP) is 2.91. The van der Waals surface area contributed by atoms with Gasteiger partial charge in [0.25, 0.3) is 0 Å². The molecule has 3 aromatic carbocycles. The van der Waals surface area contributed by atoms with Crippen LogP contribution < -0.4 is 0 Å². The molecule has 0 spiro atoms. The number of rotatable bonds is 17. The van der Waals surface area contributed by atoms with Crippen LogP contribution in [0.2, 0.25) is 0 Å². The number of hydrogen-bond donors (Lipinski definition) is 1. The maximum absolute atomic E-state index is 12.6. The van der Waals surface area contributed by atoms with Crippen molar-refractivity contribution in [3.05, 3.63) is 108 Å². The molecule has 10 heteroatoms. The number of esters is 3. The molecule has 10 nitrogen and oxygen atoms in total. The van der Waals surface area contributed by atoms with E-state index < -0.39 is 30.4 Å². The molecule has 0 saturated heterocycles. The second-order valence-electron chi connectivity index (χ2n) is 9.25. The number of ether oxygens (including phenoxy) is 3. The third kappa shape index (κ3) is 12.9. The van der Waals surface area contributed by atoms with Gasteiger partial charge < -0.3 is 19.3 Å². The first kappa shape index (κ1) is 31.0. The third-order valence-electron chi connectivity index (χ3n) is 5.88. The third-order valence-corrected chi connectivity index (χ3v) is 5.88. The Bertz CT molecular complexity index is 1180. The van der Waals surface area contributed by atoms with E-state index in [1.165, 1.54) is 9.80 Å². The highest BCUT2D eigenvalue weighted by Gasteiger charge is 2.21. The number of hydrogen-bond acceptors (Lipinski definition) is 9. The molecule has 0 heterocycles. The summed E-state index contributed by atoms with van der Waals surface area (Å²) in [7, 11) is 0. The fraction of sp³-hybridized carbons (Fsp3) is 0.290. The summed E-state index contributed by atoms with van der Waals surface area (Å²) in [4.78, 5) is 52.0. The number of carboxylic acid groups (broad SMARTS) is 1. The molecule has 216 valence electrons. The molecule has 0 fully saturated rings. The largest absolute Gasteiger partial charge is 0.480 e. The summed E-state index contributed by atoms with van der Waals surface area (Å²) in [5.41, 5.74) is 2.44. The molecule has 0 aliphatic heterocycles. The lowest BCUT2D eigenvalue weighted by atomic mass is 10.2. The van der Waals surface area contributed by atoms with Gasteiger partial charge in [-0.3, -0.25) is 29.0 Å². The molecule has 0 saturated carbocycles. The highest BCUT2D eigenvalue weighted by atomic mass is 16.5. The lowest BCUT2D eigenvalue weighted by Crippen LogP contribution is -2.44. The molecule has 0 aliphatic carbocycles. The fourth-order valence-electron chi connectivity index (χ4n) is 3.80.